The summed E-state index contributed by atoms with van der Waals surface area (Å²) in [4.78, 5) is 10.1. The second kappa shape index (κ2) is 4.61. The molecule has 0 aliphatic rings. The molecular formula is C12H9FN2O2. The molecule has 4 nitrogen and oxygen atoms in total. The van der Waals surface area contributed by atoms with E-state index in [0.717, 1.165) is 0 Å². The van der Waals surface area contributed by atoms with Crippen LogP contribution in [0, 0.1) is 15.9 Å². The van der Waals surface area contributed by atoms with Crippen LogP contribution < -0.4 is 5.32 Å². The zero-order valence-corrected chi connectivity index (χ0v) is 8.76. The van der Waals surface area contributed by atoms with E-state index in [4.69, 9.17) is 0 Å². The zero-order chi connectivity index (χ0) is 12.3. The largest absolute Gasteiger partial charge is 0.355 e. The van der Waals surface area contributed by atoms with Gasteiger partial charge in [0.15, 0.2) is 0 Å². The van der Waals surface area contributed by atoms with E-state index in [0.29, 0.717) is 11.4 Å². The molecule has 0 aliphatic carbocycles. The first-order valence-corrected chi connectivity index (χ1v) is 4.92. The van der Waals surface area contributed by atoms with E-state index in [1.54, 1.807) is 24.3 Å². The average molecular weight is 232 g/mol. The number of benzene rings is 2. The fourth-order valence-corrected chi connectivity index (χ4v) is 1.40. The van der Waals surface area contributed by atoms with Crippen molar-refractivity contribution in [3.63, 3.8) is 0 Å². The molecule has 2 rings (SSSR count). The summed E-state index contributed by atoms with van der Waals surface area (Å²) < 4.78 is 12.7. The number of halogens is 1. The van der Waals surface area contributed by atoms with Crippen LogP contribution in [0.5, 0.6) is 0 Å². The van der Waals surface area contributed by atoms with E-state index in [9.17, 15) is 14.5 Å². The van der Waals surface area contributed by atoms with Gasteiger partial charge in [-0.2, -0.15) is 0 Å². The summed E-state index contributed by atoms with van der Waals surface area (Å²) in [6.07, 6.45) is 0. The molecule has 0 radical (unpaired) electrons. The molecule has 86 valence electrons. The summed E-state index contributed by atoms with van der Waals surface area (Å²) in [5.41, 5.74) is 1.27. The Kier molecular flexibility index (Phi) is 3.00. The van der Waals surface area contributed by atoms with Gasteiger partial charge in [0, 0.05) is 23.5 Å². The first kappa shape index (κ1) is 11.1. The van der Waals surface area contributed by atoms with Crippen LogP contribution >= 0.6 is 0 Å². The van der Waals surface area contributed by atoms with Gasteiger partial charge in [-0.3, -0.25) is 10.1 Å². The molecule has 0 fully saturated rings. The number of nitro groups is 1. The number of hydrogen-bond donors (Lipinski definition) is 1. The Bertz CT molecular complexity index is 540. The van der Waals surface area contributed by atoms with Crippen LogP contribution in [0.4, 0.5) is 21.5 Å². The Morgan fingerprint density at radius 3 is 2.41 bits per heavy atom. The van der Waals surface area contributed by atoms with Gasteiger partial charge in [0.25, 0.3) is 5.69 Å². The average Bonchev–Trinajstić information content (AvgIpc) is 2.32. The van der Waals surface area contributed by atoms with Gasteiger partial charge in [-0.15, -0.1) is 0 Å². The molecule has 1 N–H and O–H groups in total. The molecule has 0 atom stereocenters. The first-order chi connectivity index (χ1) is 8.15. The molecule has 0 unspecified atom stereocenters. The number of non-ortho nitro benzene ring substituents is 1. The summed E-state index contributed by atoms with van der Waals surface area (Å²) in [5.74, 6) is -0.324. The summed E-state index contributed by atoms with van der Waals surface area (Å²) in [6, 6.07) is 11.9. The highest BCUT2D eigenvalue weighted by molar-refractivity contribution is 5.62. The maximum atomic E-state index is 12.7. The molecule has 5 heteroatoms. The Morgan fingerprint density at radius 1 is 1.06 bits per heavy atom. The molecule has 0 spiro atoms. The molecule has 0 amide bonds. The number of anilines is 2. The van der Waals surface area contributed by atoms with Crippen LogP contribution in [0.1, 0.15) is 0 Å². The Morgan fingerprint density at radius 2 is 1.76 bits per heavy atom. The van der Waals surface area contributed by atoms with Crippen molar-refractivity contribution >= 4 is 17.1 Å². The van der Waals surface area contributed by atoms with Gasteiger partial charge in [0.2, 0.25) is 0 Å². The maximum absolute atomic E-state index is 12.7. The van der Waals surface area contributed by atoms with Gasteiger partial charge >= 0.3 is 0 Å². The van der Waals surface area contributed by atoms with Crippen molar-refractivity contribution in [2.75, 3.05) is 5.32 Å². The van der Waals surface area contributed by atoms with Crippen molar-refractivity contribution in [2.45, 2.75) is 0 Å². The number of nitrogens with one attached hydrogen (secondary N) is 1. The van der Waals surface area contributed by atoms with Gasteiger partial charge in [0.05, 0.1) is 4.92 Å². The lowest BCUT2D eigenvalue weighted by molar-refractivity contribution is -0.384. The van der Waals surface area contributed by atoms with Crippen LogP contribution in [0.25, 0.3) is 0 Å². The monoisotopic (exact) mass is 232 g/mol. The van der Waals surface area contributed by atoms with Crippen molar-refractivity contribution in [1.82, 2.24) is 0 Å². The topological polar surface area (TPSA) is 55.2 Å². The van der Waals surface area contributed by atoms with Crippen LogP contribution in [0.15, 0.2) is 48.5 Å². The Balaban J connectivity index is 2.21. The van der Waals surface area contributed by atoms with Crippen molar-refractivity contribution in [2.24, 2.45) is 0 Å². The minimum Gasteiger partial charge on any atom is -0.355 e. The van der Waals surface area contributed by atoms with E-state index in [1.807, 2.05) is 0 Å². The lowest BCUT2D eigenvalue weighted by Crippen LogP contribution is -1.92. The summed E-state index contributed by atoms with van der Waals surface area (Å²) in [6.45, 7) is 0. The van der Waals surface area contributed by atoms with Crippen LogP contribution in [0.3, 0.4) is 0 Å². The third-order valence-electron chi connectivity index (χ3n) is 2.19. The standard InChI is InChI=1S/C12H9FN2O2/c13-9-4-6-10(7-5-9)14-11-2-1-3-12(8-11)15(16)17/h1-8,14H. The number of hydrogen-bond acceptors (Lipinski definition) is 3. The normalized spacial score (nSPS) is 9.94. The van der Waals surface area contributed by atoms with E-state index in [-0.39, 0.29) is 11.5 Å². The molecule has 0 saturated heterocycles. The molecule has 2 aromatic carbocycles. The molecule has 0 bridgehead atoms. The molecule has 2 aromatic rings. The Labute approximate surface area is 96.9 Å². The quantitative estimate of drug-likeness (QED) is 0.651. The highest BCUT2D eigenvalue weighted by Crippen LogP contribution is 2.21. The fraction of sp³-hybridized carbons (Fsp3) is 0. The minimum atomic E-state index is -0.462. The molecule has 0 aliphatic heterocycles. The predicted molar refractivity (Wildman–Crippen MR) is 62.8 cm³/mol. The number of rotatable bonds is 3. The van der Waals surface area contributed by atoms with Gasteiger partial charge in [-0.05, 0) is 30.3 Å². The summed E-state index contributed by atoms with van der Waals surface area (Å²) in [5, 5.41) is 13.5. The molecule has 17 heavy (non-hydrogen) atoms. The van der Waals surface area contributed by atoms with Crippen molar-refractivity contribution in [1.29, 1.82) is 0 Å². The van der Waals surface area contributed by atoms with Crippen molar-refractivity contribution in [3.8, 4) is 0 Å². The van der Waals surface area contributed by atoms with E-state index in [1.165, 1.54) is 24.3 Å². The minimum absolute atomic E-state index is 0.0112. The van der Waals surface area contributed by atoms with Crippen LogP contribution in [-0.2, 0) is 0 Å². The SMILES string of the molecule is O=[N+]([O-])c1cccc(Nc2ccc(F)cc2)c1. The number of nitro benzene ring substituents is 1. The lowest BCUT2D eigenvalue weighted by Gasteiger charge is -2.05. The van der Waals surface area contributed by atoms with Crippen molar-refractivity contribution < 1.29 is 9.31 Å². The summed E-state index contributed by atoms with van der Waals surface area (Å²) >= 11 is 0. The molecule has 0 saturated carbocycles. The predicted octanol–water partition coefficient (Wildman–Crippen LogP) is 3.48. The van der Waals surface area contributed by atoms with Gasteiger partial charge in [-0.1, -0.05) is 6.07 Å². The highest BCUT2D eigenvalue weighted by Gasteiger charge is 2.05. The van der Waals surface area contributed by atoms with E-state index < -0.39 is 4.92 Å². The summed E-state index contributed by atoms with van der Waals surface area (Å²) in [7, 11) is 0. The van der Waals surface area contributed by atoms with Crippen molar-refractivity contribution in [3.05, 3.63) is 64.5 Å². The van der Waals surface area contributed by atoms with Gasteiger partial charge in [0.1, 0.15) is 5.82 Å². The maximum Gasteiger partial charge on any atom is 0.271 e. The second-order valence-electron chi connectivity index (χ2n) is 3.44. The van der Waals surface area contributed by atoms with Gasteiger partial charge in [-0.25, -0.2) is 4.39 Å². The number of nitrogens with zero attached hydrogens (tertiary/aromatic N) is 1. The Hall–Kier alpha value is -2.43. The molecule has 0 heterocycles. The van der Waals surface area contributed by atoms with E-state index >= 15 is 0 Å². The van der Waals surface area contributed by atoms with Crippen LogP contribution in [0.2, 0.25) is 0 Å². The molecule has 0 aromatic heterocycles. The smallest absolute Gasteiger partial charge is 0.271 e. The fourth-order valence-electron chi connectivity index (χ4n) is 1.40. The third kappa shape index (κ3) is 2.78. The lowest BCUT2D eigenvalue weighted by atomic mass is 10.2. The zero-order valence-electron chi connectivity index (χ0n) is 8.76. The van der Waals surface area contributed by atoms with E-state index in [2.05, 4.69) is 5.32 Å². The second-order valence-corrected chi connectivity index (χ2v) is 3.44. The highest BCUT2D eigenvalue weighted by atomic mass is 19.1. The first-order valence-electron chi connectivity index (χ1n) is 4.92. The third-order valence-corrected chi connectivity index (χ3v) is 2.19. The van der Waals surface area contributed by atoms with Gasteiger partial charge < -0.3 is 5.32 Å². The molecular weight excluding hydrogens is 223 g/mol. The van der Waals surface area contributed by atoms with Crippen LogP contribution in [-0.4, -0.2) is 4.92 Å².